The number of hydrogen-bond donors (Lipinski definition) is 2. The third-order valence-corrected chi connectivity index (χ3v) is 1.92. The molecule has 0 heterocycles. The highest BCUT2D eigenvalue weighted by Gasteiger charge is 2.13. The molecule has 0 bridgehead atoms. The maximum absolute atomic E-state index is 9.45. The summed E-state index contributed by atoms with van der Waals surface area (Å²) < 4.78 is 4.82. The number of aliphatic hydroxyl groups is 2. The largest absolute Gasteiger partial charge is 0.395 e. The van der Waals surface area contributed by atoms with Gasteiger partial charge in [-0.05, 0) is 13.8 Å². The van der Waals surface area contributed by atoms with Gasteiger partial charge in [-0.15, -0.1) is 0 Å². The zero-order valence-electron chi connectivity index (χ0n) is 8.73. The zero-order valence-corrected chi connectivity index (χ0v) is 8.73. The lowest BCUT2D eigenvalue weighted by Crippen LogP contribution is -2.40. The second kappa shape index (κ2) is 7.26. The summed E-state index contributed by atoms with van der Waals surface area (Å²) in [5.74, 6) is 0. The Morgan fingerprint density at radius 2 is 2.00 bits per heavy atom. The van der Waals surface area contributed by atoms with E-state index in [1.807, 2.05) is 18.7 Å². The third-order valence-electron chi connectivity index (χ3n) is 1.92. The van der Waals surface area contributed by atoms with Crippen molar-refractivity contribution in [2.75, 3.05) is 33.4 Å². The van der Waals surface area contributed by atoms with Gasteiger partial charge in [0, 0.05) is 26.2 Å². The van der Waals surface area contributed by atoms with Gasteiger partial charge in [0.05, 0.1) is 19.3 Å². The normalized spacial score (nSPS) is 14.1. The van der Waals surface area contributed by atoms with E-state index in [1.165, 1.54) is 0 Å². The van der Waals surface area contributed by atoms with Crippen LogP contribution in [-0.2, 0) is 4.74 Å². The van der Waals surface area contributed by atoms with Crippen molar-refractivity contribution in [1.29, 1.82) is 0 Å². The average molecular weight is 191 g/mol. The smallest absolute Gasteiger partial charge is 0.0900 e. The second-order valence-corrected chi connectivity index (χ2v) is 3.42. The summed E-state index contributed by atoms with van der Waals surface area (Å²) in [7, 11) is 1.56. The van der Waals surface area contributed by atoms with E-state index >= 15 is 0 Å². The molecule has 0 saturated carbocycles. The zero-order chi connectivity index (χ0) is 10.3. The summed E-state index contributed by atoms with van der Waals surface area (Å²) in [6.45, 7) is 5.68. The molecule has 2 N–H and O–H groups in total. The molecule has 0 aliphatic carbocycles. The van der Waals surface area contributed by atoms with Crippen LogP contribution in [0.5, 0.6) is 0 Å². The minimum absolute atomic E-state index is 0.123. The molecular weight excluding hydrogens is 170 g/mol. The summed E-state index contributed by atoms with van der Waals surface area (Å²) >= 11 is 0. The number of aliphatic hydroxyl groups excluding tert-OH is 2. The maximum Gasteiger partial charge on any atom is 0.0900 e. The van der Waals surface area contributed by atoms with Crippen LogP contribution in [0.4, 0.5) is 0 Å². The first-order chi connectivity index (χ1) is 6.11. The summed E-state index contributed by atoms with van der Waals surface area (Å²) in [5, 5.41) is 18.2. The van der Waals surface area contributed by atoms with Crippen LogP contribution in [0.15, 0.2) is 0 Å². The summed E-state index contributed by atoms with van der Waals surface area (Å²) in [4.78, 5) is 2.02. The van der Waals surface area contributed by atoms with Gasteiger partial charge in [-0.2, -0.15) is 0 Å². The van der Waals surface area contributed by atoms with E-state index in [-0.39, 0.29) is 6.61 Å². The molecule has 0 aliphatic rings. The van der Waals surface area contributed by atoms with Gasteiger partial charge < -0.3 is 14.9 Å². The van der Waals surface area contributed by atoms with Crippen molar-refractivity contribution in [3.05, 3.63) is 0 Å². The van der Waals surface area contributed by atoms with Crippen LogP contribution in [0.1, 0.15) is 13.8 Å². The van der Waals surface area contributed by atoms with Gasteiger partial charge in [-0.3, -0.25) is 4.90 Å². The van der Waals surface area contributed by atoms with E-state index in [4.69, 9.17) is 9.84 Å². The Hall–Kier alpha value is -0.160. The molecule has 1 unspecified atom stereocenters. The molecule has 4 heteroatoms. The quantitative estimate of drug-likeness (QED) is 0.580. The molecule has 0 fully saturated rings. The average Bonchev–Trinajstić information content (AvgIpc) is 2.04. The third kappa shape index (κ3) is 5.99. The fraction of sp³-hybridized carbons (Fsp3) is 1.00. The predicted molar refractivity (Wildman–Crippen MR) is 51.7 cm³/mol. The Bertz CT molecular complexity index is 119. The number of ether oxygens (including phenoxy) is 1. The molecule has 0 aromatic rings. The first-order valence-electron chi connectivity index (χ1n) is 4.63. The van der Waals surface area contributed by atoms with E-state index < -0.39 is 6.10 Å². The Morgan fingerprint density at radius 3 is 2.38 bits per heavy atom. The van der Waals surface area contributed by atoms with E-state index in [0.717, 1.165) is 0 Å². The minimum Gasteiger partial charge on any atom is -0.395 e. The van der Waals surface area contributed by atoms with Crippen molar-refractivity contribution >= 4 is 0 Å². The lowest BCUT2D eigenvalue weighted by atomic mass is 10.2. The lowest BCUT2D eigenvalue weighted by molar-refractivity contribution is 0.0258. The van der Waals surface area contributed by atoms with Crippen molar-refractivity contribution in [1.82, 2.24) is 4.90 Å². The molecule has 80 valence electrons. The molecule has 0 aromatic carbocycles. The fourth-order valence-corrected chi connectivity index (χ4v) is 1.20. The van der Waals surface area contributed by atoms with Gasteiger partial charge in [0.15, 0.2) is 0 Å². The number of methoxy groups -OCH3 is 1. The topological polar surface area (TPSA) is 52.9 Å². The minimum atomic E-state index is -0.473. The molecule has 4 nitrogen and oxygen atoms in total. The molecule has 1 atom stereocenters. The van der Waals surface area contributed by atoms with E-state index in [0.29, 0.717) is 25.7 Å². The molecule has 0 amide bonds. The number of rotatable bonds is 7. The molecule has 0 aliphatic heterocycles. The molecule has 0 aromatic heterocycles. The van der Waals surface area contributed by atoms with Crippen LogP contribution < -0.4 is 0 Å². The molecule has 0 radical (unpaired) electrons. The van der Waals surface area contributed by atoms with Crippen LogP contribution in [0.2, 0.25) is 0 Å². The van der Waals surface area contributed by atoms with Crippen LogP contribution >= 0.6 is 0 Å². The number of nitrogens with zero attached hydrogens (tertiary/aromatic N) is 1. The Labute approximate surface area is 80.1 Å². The standard InChI is InChI=1S/C9H21NO3/c1-8(2)10(4-5-11)6-9(12)7-13-3/h8-9,11-12H,4-7H2,1-3H3. The Kier molecular flexibility index (Phi) is 7.17. The van der Waals surface area contributed by atoms with Crippen molar-refractivity contribution in [2.24, 2.45) is 0 Å². The maximum atomic E-state index is 9.45. The molecular formula is C9H21NO3. The molecule has 0 rings (SSSR count). The predicted octanol–water partition coefficient (Wildman–Crippen LogP) is -0.304. The van der Waals surface area contributed by atoms with Gasteiger partial charge in [-0.25, -0.2) is 0 Å². The second-order valence-electron chi connectivity index (χ2n) is 3.42. The summed E-state index contributed by atoms with van der Waals surface area (Å²) in [5.41, 5.74) is 0. The summed E-state index contributed by atoms with van der Waals surface area (Å²) in [6.07, 6.45) is -0.473. The monoisotopic (exact) mass is 191 g/mol. The molecule has 0 spiro atoms. The van der Waals surface area contributed by atoms with Gasteiger partial charge >= 0.3 is 0 Å². The molecule has 13 heavy (non-hydrogen) atoms. The van der Waals surface area contributed by atoms with Crippen LogP contribution in [-0.4, -0.2) is 60.7 Å². The SMILES string of the molecule is COCC(O)CN(CCO)C(C)C. The first-order valence-corrected chi connectivity index (χ1v) is 4.63. The number of hydrogen-bond acceptors (Lipinski definition) is 4. The van der Waals surface area contributed by atoms with Crippen molar-refractivity contribution in [3.63, 3.8) is 0 Å². The van der Waals surface area contributed by atoms with Gasteiger partial charge in [-0.1, -0.05) is 0 Å². The highest BCUT2D eigenvalue weighted by molar-refractivity contribution is 4.67. The van der Waals surface area contributed by atoms with Crippen LogP contribution in [0.25, 0.3) is 0 Å². The van der Waals surface area contributed by atoms with Gasteiger partial charge in [0.2, 0.25) is 0 Å². The lowest BCUT2D eigenvalue weighted by Gasteiger charge is -2.27. The van der Waals surface area contributed by atoms with Crippen molar-refractivity contribution in [2.45, 2.75) is 26.0 Å². The molecule has 0 saturated heterocycles. The van der Waals surface area contributed by atoms with Gasteiger partial charge in [0.1, 0.15) is 0 Å². The van der Waals surface area contributed by atoms with Crippen molar-refractivity contribution in [3.8, 4) is 0 Å². The van der Waals surface area contributed by atoms with E-state index in [1.54, 1.807) is 7.11 Å². The summed E-state index contributed by atoms with van der Waals surface area (Å²) in [6, 6.07) is 0.332. The van der Waals surface area contributed by atoms with Gasteiger partial charge in [0.25, 0.3) is 0 Å². The first kappa shape index (κ1) is 12.8. The highest BCUT2D eigenvalue weighted by Crippen LogP contribution is 1.99. The Balaban J connectivity index is 3.79. The van der Waals surface area contributed by atoms with Crippen molar-refractivity contribution < 1.29 is 14.9 Å². The fourth-order valence-electron chi connectivity index (χ4n) is 1.20. The Morgan fingerprint density at radius 1 is 1.38 bits per heavy atom. The van der Waals surface area contributed by atoms with Crippen LogP contribution in [0.3, 0.4) is 0 Å². The highest BCUT2D eigenvalue weighted by atomic mass is 16.5. The van der Waals surface area contributed by atoms with E-state index in [2.05, 4.69) is 0 Å². The van der Waals surface area contributed by atoms with Crippen LogP contribution in [0, 0.1) is 0 Å². The van der Waals surface area contributed by atoms with E-state index in [9.17, 15) is 5.11 Å².